The molecule has 8 nitrogen and oxygen atoms in total. The minimum absolute atomic E-state index is 0.404. The molecule has 168 valence electrons. The van der Waals surface area contributed by atoms with Gasteiger partial charge in [0.15, 0.2) is 23.0 Å². The molecule has 0 spiro atoms. The van der Waals surface area contributed by atoms with Crippen LogP contribution in [0.4, 0.5) is 0 Å². The van der Waals surface area contributed by atoms with Crippen LogP contribution in [0.3, 0.4) is 0 Å². The molecule has 8 heteroatoms. The molecule has 1 heterocycles. The maximum atomic E-state index is 9.87. The number of ether oxygens (including phenoxy) is 4. The highest BCUT2D eigenvalue weighted by Gasteiger charge is 2.30. The van der Waals surface area contributed by atoms with Gasteiger partial charge in [-0.25, -0.2) is 0 Å². The van der Waals surface area contributed by atoms with Crippen molar-refractivity contribution < 1.29 is 18.9 Å². The fraction of sp³-hybridized carbons (Fsp3) is 0.417. The van der Waals surface area contributed by atoms with Gasteiger partial charge in [-0.05, 0) is 35.4 Å². The molecule has 32 heavy (non-hydrogen) atoms. The van der Waals surface area contributed by atoms with Crippen LogP contribution < -0.4 is 18.9 Å². The van der Waals surface area contributed by atoms with E-state index in [0.717, 1.165) is 11.1 Å². The van der Waals surface area contributed by atoms with Crippen molar-refractivity contribution in [1.29, 1.82) is 10.5 Å². The highest BCUT2D eigenvalue weighted by Crippen LogP contribution is 2.34. The number of methoxy groups -OCH3 is 4. The second-order valence-electron chi connectivity index (χ2n) is 7.36. The van der Waals surface area contributed by atoms with E-state index in [2.05, 4.69) is 21.9 Å². The van der Waals surface area contributed by atoms with E-state index in [1.807, 2.05) is 36.4 Å². The van der Waals surface area contributed by atoms with E-state index in [1.54, 1.807) is 28.4 Å². The van der Waals surface area contributed by atoms with Crippen LogP contribution in [0.15, 0.2) is 36.4 Å². The van der Waals surface area contributed by atoms with Crippen molar-refractivity contribution in [2.75, 3.05) is 54.6 Å². The molecule has 0 aromatic heterocycles. The Morgan fingerprint density at radius 1 is 0.625 bits per heavy atom. The third-order valence-corrected chi connectivity index (χ3v) is 5.77. The Morgan fingerprint density at radius 2 is 0.969 bits per heavy atom. The summed E-state index contributed by atoms with van der Waals surface area (Å²) < 4.78 is 21.4. The van der Waals surface area contributed by atoms with Crippen LogP contribution in [0.25, 0.3) is 0 Å². The topological polar surface area (TPSA) is 91.0 Å². The molecule has 1 saturated heterocycles. The minimum atomic E-state index is -0.404. The standard InChI is InChI=1S/C24H28N4O4/c1-29-21-7-5-17(13-23(21)31-3)19(15-25)27-9-11-28(12-10-27)20(16-26)18-6-8-22(30-2)24(14-18)32-4/h5-8,13-14,19-20H,9-12H2,1-4H3/t19-,20-/m0/s1. The first-order chi connectivity index (χ1) is 15.6. The first kappa shape index (κ1) is 23.2. The largest absolute Gasteiger partial charge is 0.493 e. The monoisotopic (exact) mass is 436 g/mol. The molecule has 3 rings (SSSR count). The lowest BCUT2D eigenvalue weighted by Crippen LogP contribution is -2.48. The third kappa shape index (κ3) is 4.72. The average molecular weight is 437 g/mol. The molecule has 0 aliphatic carbocycles. The van der Waals surface area contributed by atoms with E-state index in [0.29, 0.717) is 49.2 Å². The lowest BCUT2D eigenvalue weighted by atomic mass is 10.0. The van der Waals surface area contributed by atoms with Crippen molar-refractivity contribution >= 4 is 0 Å². The molecule has 0 amide bonds. The van der Waals surface area contributed by atoms with Crippen LogP contribution in [0.5, 0.6) is 23.0 Å². The van der Waals surface area contributed by atoms with Crippen LogP contribution in [-0.2, 0) is 0 Å². The summed E-state index contributed by atoms with van der Waals surface area (Å²) in [5.74, 6) is 2.46. The summed E-state index contributed by atoms with van der Waals surface area (Å²) in [7, 11) is 6.33. The van der Waals surface area contributed by atoms with Gasteiger partial charge in [-0.15, -0.1) is 0 Å². The second-order valence-corrected chi connectivity index (χ2v) is 7.36. The summed E-state index contributed by atoms with van der Waals surface area (Å²) in [5, 5.41) is 19.7. The van der Waals surface area contributed by atoms with Gasteiger partial charge in [-0.3, -0.25) is 9.80 Å². The second kappa shape index (κ2) is 10.7. The molecule has 1 aliphatic rings. The van der Waals surface area contributed by atoms with Gasteiger partial charge >= 0.3 is 0 Å². The van der Waals surface area contributed by atoms with Crippen molar-refractivity contribution in [2.45, 2.75) is 12.1 Å². The molecule has 1 aliphatic heterocycles. The molecule has 2 aromatic carbocycles. The van der Waals surface area contributed by atoms with Crippen LogP contribution in [0.2, 0.25) is 0 Å². The van der Waals surface area contributed by atoms with Crippen molar-refractivity contribution in [3.63, 3.8) is 0 Å². The molecule has 2 aromatic rings. The highest BCUT2D eigenvalue weighted by molar-refractivity contribution is 5.46. The molecular formula is C24H28N4O4. The van der Waals surface area contributed by atoms with Gasteiger partial charge in [0.25, 0.3) is 0 Å². The van der Waals surface area contributed by atoms with Crippen molar-refractivity contribution in [1.82, 2.24) is 9.80 Å². The molecular weight excluding hydrogens is 408 g/mol. The van der Waals surface area contributed by atoms with E-state index in [-0.39, 0.29) is 0 Å². The van der Waals surface area contributed by atoms with Gasteiger partial charge in [-0.1, -0.05) is 12.1 Å². The van der Waals surface area contributed by atoms with Crippen LogP contribution in [0, 0.1) is 22.7 Å². The van der Waals surface area contributed by atoms with E-state index in [9.17, 15) is 10.5 Å². The lowest BCUT2D eigenvalue weighted by Gasteiger charge is -2.39. The third-order valence-electron chi connectivity index (χ3n) is 5.77. The molecule has 0 saturated carbocycles. The maximum absolute atomic E-state index is 9.87. The summed E-state index contributed by atoms with van der Waals surface area (Å²) in [5.41, 5.74) is 1.71. The predicted octanol–water partition coefficient (Wildman–Crippen LogP) is 3.17. The maximum Gasteiger partial charge on any atom is 0.161 e. The van der Waals surface area contributed by atoms with Crippen LogP contribution in [0.1, 0.15) is 23.2 Å². The predicted molar refractivity (Wildman–Crippen MR) is 119 cm³/mol. The van der Waals surface area contributed by atoms with Crippen molar-refractivity contribution in [3.05, 3.63) is 47.5 Å². The van der Waals surface area contributed by atoms with E-state index in [1.165, 1.54) is 0 Å². The number of hydrogen-bond acceptors (Lipinski definition) is 8. The summed E-state index contributed by atoms with van der Waals surface area (Å²) >= 11 is 0. The molecule has 0 N–H and O–H groups in total. The van der Waals surface area contributed by atoms with Gasteiger partial charge in [-0.2, -0.15) is 10.5 Å². The summed E-state index contributed by atoms with van der Waals surface area (Å²) in [4.78, 5) is 4.25. The zero-order valence-electron chi connectivity index (χ0n) is 18.9. The van der Waals surface area contributed by atoms with Crippen molar-refractivity contribution in [2.24, 2.45) is 0 Å². The number of benzene rings is 2. The number of nitrogens with zero attached hydrogens (tertiary/aromatic N) is 4. The van der Waals surface area contributed by atoms with E-state index in [4.69, 9.17) is 18.9 Å². The summed E-state index contributed by atoms with van der Waals surface area (Å²) in [6.07, 6.45) is 0. The smallest absolute Gasteiger partial charge is 0.161 e. The Bertz CT molecular complexity index is 925. The quantitative estimate of drug-likeness (QED) is 0.623. The zero-order valence-corrected chi connectivity index (χ0v) is 18.9. The number of nitriles is 2. The van der Waals surface area contributed by atoms with E-state index >= 15 is 0 Å². The Morgan fingerprint density at radius 3 is 1.25 bits per heavy atom. The van der Waals surface area contributed by atoms with E-state index < -0.39 is 12.1 Å². The minimum Gasteiger partial charge on any atom is -0.493 e. The molecule has 0 unspecified atom stereocenters. The summed E-state index contributed by atoms with van der Waals surface area (Å²) in [6.45, 7) is 2.66. The first-order valence-electron chi connectivity index (χ1n) is 10.3. The van der Waals surface area contributed by atoms with Gasteiger partial charge < -0.3 is 18.9 Å². The Labute approximate surface area is 189 Å². The average Bonchev–Trinajstić information content (AvgIpc) is 2.85. The van der Waals surface area contributed by atoms with Gasteiger partial charge in [0.1, 0.15) is 12.1 Å². The number of piperazine rings is 1. The Kier molecular flexibility index (Phi) is 7.77. The first-order valence-corrected chi connectivity index (χ1v) is 10.3. The highest BCUT2D eigenvalue weighted by atomic mass is 16.5. The molecule has 0 bridgehead atoms. The SMILES string of the molecule is COc1ccc([C@H](C#N)N2CCN([C@@H](C#N)c3ccc(OC)c(OC)c3)CC2)cc1OC. The van der Waals surface area contributed by atoms with Gasteiger partial charge in [0.05, 0.1) is 40.6 Å². The van der Waals surface area contributed by atoms with Crippen LogP contribution >= 0.6 is 0 Å². The van der Waals surface area contributed by atoms with Gasteiger partial charge in [0, 0.05) is 26.2 Å². The molecule has 0 radical (unpaired) electrons. The fourth-order valence-electron chi connectivity index (χ4n) is 4.03. The molecule has 1 fully saturated rings. The van der Waals surface area contributed by atoms with Crippen molar-refractivity contribution in [3.8, 4) is 35.1 Å². The molecule has 2 atom stereocenters. The number of hydrogen-bond donors (Lipinski definition) is 0. The fourth-order valence-corrected chi connectivity index (χ4v) is 4.03. The zero-order chi connectivity index (χ0) is 23.1. The summed E-state index contributed by atoms with van der Waals surface area (Å²) in [6, 6.07) is 15.1. The van der Waals surface area contributed by atoms with Gasteiger partial charge in [0.2, 0.25) is 0 Å². The Hall–Kier alpha value is -3.46. The Balaban J connectivity index is 1.73. The number of rotatable bonds is 8. The normalized spacial score (nSPS) is 16.3. The lowest BCUT2D eigenvalue weighted by molar-refractivity contribution is 0.0977. The van der Waals surface area contributed by atoms with Crippen LogP contribution in [-0.4, -0.2) is 64.4 Å².